The van der Waals surface area contributed by atoms with Crippen LogP contribution in [0.1, 0.15) is 32.6 Å². The van der Waals surface area contributed by atoms with Crippen LogP contribution in [0.5, 0.6) is 0 Å². The molecule has 0 saturated carbocycles. The van der Waals surface area contributed by atoms with Crippen molar-refractivity contribution in [2.24, 2.45) is 5.92 Å². The maximum Gasteiger partial charge on any atom is 0.224 e. The lowest BCUT2D eigenvalue weighted by Gasteiger charge is -2.36. The zero-order valence-corrected chi connectivity index (χ0v) is 12.4. The second-order valence-corrected chi connectivity index (χ2v) is 6.48. The predicted octanol–water partition coefficient (Wildman–Crippen LogP) is 0.354. The maximum atomic E-state index is 12.3. The first-order valence-corrected chi connectivity index (χ1v) is 8.11. The van der Waals surface area contributed by atoms with Crippen molar-refractivity contribution in [1.29, 1.82) is 0 Å². The molecule has 3 saturated heterocycles. The molecule has 3 aliphatic heterocycles. The molecule has 0 aliphatic carbocycles. The zero-order chi connectivity index (χ0) is 13.9. The molecule has 3 fully saturated rings. The lowest BCUT2D eigenvalue weighted by molar-refractivity contribution is -0.128. The predicted molar refractivity (Wildman–Crippen MR) is 77.5 cm³/mol. The van der Waals surface area contributed by atoms with Crippen LogP contribution in [0.2, 0.25) is 0 Å². The Bertz CT molecular complexity index is 350. The number of rotatable bonds is 3. The normalized spacial score (nSPS) is 38.5. The van der Waals surface area contributed by atoms with E-state index in [-0.39, 0.29) is 17.9 Å². The summed E-state index contributed by atoms with van der Waals surface area (Å²) in [5.41, 5.74) is 0. The van der Waals surface area contributed by atoms with Gasteiger partial charge in [0.2, 0.25) is 5.91 Å². The molecule has 1 amide bonds. The molecule has 0 spiro atoms. The number of carbonyl (C=O) groups is 1. The van der Waals surface area contributed by atoms with Crippen LogP contribution in [0.15, 0.2) is 0 Å². The van der Waals surface area contributed by atoms with Gasteiger partial charge in [0.05, 0.1) is 18.6 Å². The number of ether oxygens (including phenoxy) is 1. The van der Waals surface area contributed by atoms with Gasteiger partial charge >= 0.3 is 0 Å². The molecule has 0 radical (unpaired) electrons. The van der Waals surface area contributed by atoms with Gasteiger partial charge in [0.25, 0.3) is 0 Å². The highest BCUT2D eigenvalue weighted by molar-refractivity contribution is 5.79. The quantitative estimate of drug-likeness (QED) is 0.784. The molecule has 20 heavy (non-hydrogen) atoms. The fraction of sp³-hybridized carbons (Fsp3) is 0.933. The van der Waals surface area contributed by atoms with E-state index < -0.39 is 0 Å². The van der Waals surface area contributed by atoms with Gasteiger partial charge in [-0.2, -0.15) is 0 Å². The molecule has 5 nitrogen and oxygen atoms in total. The molecule has 0 bridgehead atoms. The van der Waals surface area contributed by atoms with E-state index in [4.69, 9.17) is 4.74 Å². The van der Waals surface area contributed by atoms with Crippen LogP contribution >= 0.6 is 0 Å². The summed E-state index contributed by atoms with van der Waals surface area (Å²) in [5.74, 6) is 0.309. The fourth-order valence-corrected chi connectivity index (χ4v) is 3.76. The van der Waals surface area contributed by atoms with Gasteiger partial charge in [0.15, 0.2) is 0 Å². The van der Waals surface area contributed by atoms with Crippen molar-refractivity contribution in [3.05, 3.63) is 0 Å². The summed E-state index contributed by atoms with van der Waals surface area (Å²) in [6, 6.07) is 0.920. The van der Waals surface area contributed by atoms with Crippen molar-refractivity contribution in [2.45, 2.75) is 50.8 Å². The first kappa shape index (κ1) is 14.3. The van der Waals surface area contributed by atoms with Gasteiger partial charge in [0.1, 0.15) is 0 Å². The van der Waals surface area contributed by atoms with Crippen molar-refractivity contribution in [2.75, 3.05) is 32.8 Å². The van der Waals surface area contributed by atoms with Crippen LogP contribution in [0.25, 0.3) is 0 Å². The molecule has 5 heteroatoms. The first-order valence-electron chi connectivity index (χ1n) is 8.11. The van der Waals surface area contributed by atoms with Crippen molar-refractivity contribution < 1.29 is 9.53 Å². The van der Waals surface area contributed by atoms with Crippen molar-refractivity contribution in [3.8, 4) is 0 Å². The highest BCUT2D eigenvalue weighted by atomic mass is 16.5. The number of piperidine rings is 1. The molecule has 3 rings (SSSR count). The Labute approximate surface area is 121 Å². The van der Waals surface area contributed by atoms with Gasteiger partial charge in [-0.25, -0.2) is 0 Å². The molecular formula is C15H27N3O2. The summed E-state index contributed by atoms with van der Waals surface area (Å²) in [5, 5.41) is 6.48. The Morgan fingerprint density at radius 1 is 1.40 bits per heavy atom. The third kappa shape index (κ3) is 3.15. The van der Waals surface area contributed by atoms with E-state index >= 15 is 0 Å². The van der Waals surface area contributed by atoms with Gasteiger partial charge in [-0.05, 0) is 45.7 Å². The molecule has 2 N–H and O–H groups in total. The highest BCUT2D eigenvalue weighted by Crippen LogP contribution is 2.22. The molecule has 0 aromatic rings. The van der Waals surface area contributed by atoms with Crippen molar-refractivity contribution >= 4 is 5.91 Å². The topological polar surface area (TPSA) is 53.6 Å². The second-order valence-electron chi connectivity index (χ2n) is 6.48. The molecule has 4 unspecified atom stereocenters. The lowest BCUT2D eigenvalue weighted by atomic mass is 9.91. The van der Waals surface area contributed by atoms with Crippen LogP contribution in [0.3, 0.4) is 0 Å². The number of carbonyl (C=O) groups excluding carboxylic acids is 1. The van der Waals surface area contributed by atoms with Gasteiger partial charge in [0, 0.05) is 25.2 Å². The third-order valence-electron chi connectivity index (χ3n) is 5.06. The highest BCUT2D eigenvalue weighted by Gasteiger charge is 2.33. The molecule has 4 atom stereocenters. The fourth-order valence-electron chi connectivity index (χ4n) is 3.76. The van der Waals surface area contributed by atoms with E-state index in [2.05, 4.69) is 22.5 Å². The Balaban J connectivity index is 1.43. The summed E-state index contributed by atoms with van der Waals surface area (Å²) in [4.78, 5) is 14.8. The van der Waals surface area contributed by atoms with Crippen LogP contribution in [0, 0.1) is 5.92 Å². The molecule has 3 heterocycles. The van der Waals surface area contributed by atoms with Gasteiger partial charge in [-0.3, -0.25) is 9.69 Å². The van der Waals surface area contributed by atoms with E-state index in [1.54, 1.807) is 0 Å². The number of hydrogen-bond acceptors (Lipinski definition) is 4. The van der Waals surface area contributed by atoms with Crippen LogP contribution in [-0.4, -0.2) is 61.8 Å². The summed E-state index contributed by atoms with van der Waals surface area (Å²) in [7, 11) is 0. The number of amides is 1. The number of nitrogens with one attached hydrogen (secondary N) is 2. The van der Waals surface area contributed by atoms with E-state index in [1.165, 1.54) is 19.4 Å². The summed E-state index contributed by atoms with van der Waals surface area (Å²) in [6.45, 7) is 6.81. The minimum absolute atomic E-state index is 0.117. The zero-order valence-electron chi connectivity index (χ0n) is 12.4. The Morgan fingerprint density at radius 3 is 3.15 bits per heavy atom. The van der Waals surface area contributed by atoms with Crippen molar-refractivity contribution in [3.63, 3.8) is 0 Å². The number of morpholine rings is 1. The monoisotopic (exact) mass is 281 g/mol. The van der Waals surface area contributed by atoms with Crippen LogP contribution in [-0.2, 0) is 9.53 Å². The van der Waals surface area contributed by atoms with Crippen molar-refractivity contribution in [1.82, 2.24) is 15.5 Å². The van der Waals surface area contributed by atoms with E-state index in [1.807, 2.05) is 0 Å². The number of hydrogen-bond donors (Lipinski definition) is 2. The second kappa shape index (κ2) is 6.41. The largest absolute Gasteiger partial charge is 0.373 e. The maximum absolute atomic E-state index is 12.3. The van der Waals surface area contributed by atoms with Gasteiger partial charge in [-0.15, -0.1) is 0 Å². The van der Waals surface area contributed by atoms with E-state index in [9.17, 15) is 4.79 Å². The van der Waals surface area contributed by atoms with Crippen LogP contribution < -0.4 is 10.6 Å². The first-order chi connectivity index (χ1) is 9.74. The molecule has 3 aliphatic rings. The Morgan fingerprint density at radius 2 is 2.30 bits per heavy atom. The standard InChI is InChI=1S/C15H27N3O2/c1-11-14(5-2-6-16-11)15(19)17-8-13-9-18-7-3-4-12(18)10-20-13/h11-14,16H,2-10H2,1H3,(H,17,19). The third-order valence-corrected chi connectivity index (χ3v) is 5.06. The van der Waals surface area contributed by atoms with E-state index in [0.29, 0.717) is 18.6 Å². The van der Waals surface area contributed by atoms with Gasteiger partial charge in [-0.1, -0.05) is 0 Å². The number of nitrogens with zero attached hydrogens (tertiary/aromatic N) is 1. The van der Waals surface area contributed by atoms with Crippen LogP contribution in [0.4, 0.5) is 0 Å². The SMILES string of the molecule is CC1NCCCC1C(=O)NCC1CN2CCCC2CO1. The molecule has 0 aromatic carbocycles. The molecule has 0 aromatic heterocycles. The Kier molecular flexibility index (Phi) is 4.58. The average molecular weight is 281 g/mol. The molecular weight excluding hydrogens is 254 g/mol. The summed E-state index contributed by atoms with van der Waals surface area (Å²) in [6.07, 6.45) is 4.82. The Hall–Kier alpha value is -0.650. The average Bonchev–Trinajstić information content (AvgIpc) is 2.92. The smallest absolute Gasteiger partial charge is 0.224 e. The summed E-state index contributed by atoms with van der Waals surface area (Å²) < 4.78 is 5.88. The number of fused-ring (bicyclic) bond motifs is 1. The summed E-state index contributed by atoms with van der Waals surface area (Å²) >= 11 is 0. The molecule has 114 valence electrons. The minimum Gasteiger partial charge on any atom is -0.373 e. The van der Waals surface area contributed by atoms with Gasteiger partial charge < -0.3 is 15.4 Å². The van der Waals surface area contributed by atoms with E-state index in [0.717, 1.165) is 32.5 Å². The minimum atomic E-state index is 0.117. The lowest BCUT2D eigenvalue weighted by Crippen LogP contribution is -2.52.